The fourth-order valence-electron chi connectivity index (χ4n) is 3.30. The van der Waals surface area contributed by atoms with Gasteiger partial charge in [0.05, 0.1) is 6.61 Å². The monoisotopic (exact) mass is 369 g/mol. The van der Waals surface area contributed by atoms with Crippen LogP contribution in [0.4, 0.5) is 0 Å². The highest BCUT2D eigenvalue weighted by molar-refractivity contribution is 5.75. The van der Waals surface area contributed by atoms with Gasteiger partial charge in [0, 0.05) is 19.6 Å². The van der Waals surface area contributed by atoms with E-state index in [2.05, 4.69) is 12.2 Å². The topological polar surface area (TPSA) is 38.3 Å². The van der Waals surface area contributed by atoms with Crippen molar-refractivity contribution in [2.75, 3.05) is 19.8 Å². The summed E-state index contributed by atoms with van der Waals surface area (Å²) in [5.41, 5.74) is 0. The molecule has 0 heterocycles. The maximum absolute atomic E-state index is 11.2. The zero-order valence-electron chi connectivity index (χ0n) is 18.0. The van der Waals surface area contributed by atoms with Crippen LogP contribution in [0.5, 0.6) is 0 Å². The Morgan fingerprint density at radius 2 is 1.04 bits per heavy atom. The van der Waals surface area contributed by atoms with Crippen LogP contribution in [-0.2, 0) is 9.53 Å². The number of unbranched alkanes of at least 4 members (excludes halogenated alkanes) is 15. The molecule has 0 saturated heterocycles. The lowest BCUT2D eigenvalue weighted by atomic mass is 10.0. The average molecular weight is 370 g/mol. The molecule has 0 aliphatic carbocycles. The molecule has 0 fully saturated rings. The Balaban J connectivity index is 3.02. The van der Waals surface area contributed by atoms with Crippen LogP contribution in [0.15, 0.2) is 0 Å². The third kappa shape index (κ3) is 21.5. The van der Waals surface area contributed by atoms with Crippen LogP contribution in [-0.4, -0.2) is 25.7 Å². The van der Waals surface area contributed by atoms with Gasteiger partial charge in [-0.05, 0) is 13.3 Å². The molecule has 156 valence electrons. The minimum atomic E-state index is 0.0967. The van der Waals surface area contributed by atoms with Crippen LogP contribution in [0.2, 0.25) is 0 Å². The zero-order chi connectivity index (χ0) is 19.1. The highest BCUT2D eigenvalue weighted by Gasteiger charge is 1.98. The molecule has 0 bridgehead atoms. The number of carbonyl (C=O) groups is 1. The Hall–Kier alpha value is -0.570. The fraction of sp³-hybridized carbons (Fsp3) is 0.957. The van der Waals surface area contributed by atoms with Crippen LogP contribution in [0, 0.1) is 0 Å². The summed E-state index contributed by atoms with van der Waals surface area (Å²) in [4.78, 5) is 11.2. The van der Waals surface area contributed by atoms with Crippen LogP contribution < -0.4 is 5.32 Å². The van der Waals surface area contributed by atoms with Crippen molar-refractivity contribution in [3.05, 3.63) is 0 Å². The van der Waals surface area contributed by atoms with Crippen molar-refractivity contribution in [3.8, 4) is 0 Å². The summed E-state index contributed by atoms with van der Waals surface area (Å²) in [6.45, 7) is 6.29. The molecule has 0 unspecified atom stereocenters. The van der Waals surface area contributed by atoms with Crippen molar-refractivity contribution in [1.29, 1.82) is 0 Å². The molecule has 0 aromatic heterocycles. The molecule has 0 spiro atoms. The standard InChI is InChI=1S/C23H47NO2/c1-3-5-6-7-8-9-10-11-12-13-14-15-16-17-18-19-21-26-22-20-23(25)24-4-2/h3-22H2,1-2H3,(H,24,25). The smallest absolute Gasteiger partial charge is 0.222 e. The molecule has 1 N–H and O–H groups in total. The van der Waals surface area contributed by atoms with Gasteiger partial charge in [0.2, 0.25) is 5.91 Å². The Morgan fingerprint density at radius 3 is 1.46 bits per heavy atom. The number of rotatable bonds is 21. The van der Waals surface area contributed by atoms with E-state index in [0.29, 0.717) is 19.6 Å². The summed E-state index contributed by atoms with van der Waals surface area (Å²) < 4.78 is 5.51. The van der Waals surface area contributed by atoms with Crippen LogP contribution in [0.3, 0.4) is 0 Å². The number of hydrogen-bond donors (Lipinski definition) is 1. The predicted octanol–water partition coefficient (Wildman–Crippen LogP) is 6.79. The Morgan fingerprint density at radius 1 is 0.615 bits per heavy atom. The van der Waals surface area contributed by atoms with Gasteiger partial charge < -0.3 is 10.1 Å². The van der Waals surface area contributed by atoms with Gasteiger partial charge in [0.15, 0.2) is 0 Å². The lowest BCUT2D eigenvalue weighted by molar-refractivity contribution is -0.122. The van der Waals surface area contributed by atoms with Gasteiger partial charge in [-0.3, -0.25) is 4.79 Å². The highest BCUT2D eigenvalue weighted by Crippen LogP contribution is 2.13. The van der Waals surface area contributed by atoms with Gasteiger partial charge in [-0.15, -0.1) is 0 Å². The molecule has 26 heavy (non-hydrogen) atoms. The van der Waals surface area contributed by atoms with Crippen molar-refractivity contribution in [2.45, 2.75) is 123 Å². The minimum absolute atomic E-state index is 0.0967. The first-order valence-electron chi connectivity index (χ1n) is 11.7. The number of ether oxygens (including phenoxy) is 1. The summed E-state index contributed by atoms with van der Waals surface area (Å²) in [7, 11) is 0. The molecule has 3 nitrogen and oxygen atoms in total. The molecule has 0 atom stereocenters. The first kappa shape index (κ1) is 25.4. The minimum Gasteiger partial charge on any atom is -0.381 e. The quantitative estimate of drug-likeness (QED) is 0.226. The van der Waals surface area contributed by atoms with Crippen LogP contribution >= 0.6 is 0 Å². The molecule has 0 aliphatic rings. The molecule has 0 aromatic rings. The largest absolute Gasteiger partial charge is 0.381 e. The van der Waals surface area contributed by atoms with Gasteiger partial charge in [0.25, 0.3) is 0 Å². The van der Waals surface area contributed by atoms with E-state index in [1.54, 1.807) is 0 Å². The summed E-state index contributed by atoms with van der Waals surface area (Å²) in [5.74, 6) is 0.0967. The molecular weight excluding hydrogens is 322 g/mol. The summed E-state index contributed by atoms with van der Waals surface area (Å²) in [6, 6.07) is 0. The lowest BCUT2D eigenvalue weighted by Crippen LogP contribution is -2.23. The van der Waals surface area contributed by atoms with E-state index < -0.39 is 0 Å². The van der Waals surface area contributed by atoms with Gasteiger partial charge in [-0.1, -0.05) is 103 Å². The molecule has 0 aromatic carbocycles. The van der Waals surface area contributed by atoms with E-state index >= 15 is 0 Å². The average Bonchev–Trinajstić information content (AvgIpc) is 2.64. The van der Waals surface area contributed by atoms with E-state index in [-0.39, 0.29) is 5.91 Å². The first-order chi connectivity index (χ1) is 12.8. The van der Waals surface area contributed by atoms with Crippen molar-refractivity contribution in [1.82, 2.24) is 5.32 Å². The third-order valence-corrected chi connectivity index (χ3v) is 4.99. The maximum Gasteiger partial charge on any atom is 0.222 e. The molecule has 0 saturated carbocycles. The first-order valence-corrected chi connectivity index (χ1v) is 11.7. The third-order valence-electron chi connectivity index (χ3n) is 4.99. The number of hydrogen-bond acceptors (Lipinski definition) is 2. The normalized spacial score (nSPS) is 11.0. The second kappa shape index (κ2) is 22.5. The molecule has 3 heteroatoms. The van der Waals surface area contributed by atoms with Crippen molar-refractivity contribution in [2.24, 2.45) is 0 Å². The van der Waals surface area contributed by atoms with E-state index in [1.807, 2.05) is 6.92 Å². The second-order valence-corrected chi connectivity index (χ2v) is 7.62. The number of nitrogens with one attached hydrogen (secondary N) is 1. The Labute approximate surface area is 164 Å². The molecule has 0 rings (SSSR count). The number of carbonyl (C=O) groups excluding carboxylic acids is 1. The molecule has 0 radical (unpaired) electrons. The summed E-state index contributed by atoms with van der Waals surface area (Å²) >= 11 is 0. The van der Waals surface area contributed by atoms with Crippen molar-refractivity contribution < 1.29 is 9.53 Å². The Kier molecular flexibility index (Phi) is 22.0. The zero-order valence-corrected chi connectivity index (χ0v) is 18.0. The van der Waals surface area contributed by atoms with E-state index in [0.717, 1.165) is 13.0 Å². The number of amides is 1. The Bertz CT molecular complexity index is 281. The molecule has 0 aliphatic heterocycles. The SMILES string of the molecule is CCCCCCCCCCCCCCCCCCOCCC(=O)NCC. The van der Waals surface area contributed by atoms with E-state index in [1.165, 1.54) is 96.3 Å². The van der Waals surface area contributed by atoms with E-state index in [9.17, 15) is 4.79 Å². The van der Waals surface area contributed by atoms with Gasteiger partial charge >= 0.3 is 0 Å². The second-order valence-electron chi connectivity index (χ2n) is 7.62. The molecule has 1 amide bonds. The van der Waals surface area contributed by atoms with Gasteiger partial charge in [-0.2, -0.15) is 0 Å². The van der Waals surface area contributed by atoms with E-state index in [4.69, 9.17) is 4.74 Å². The van der Waals surface area contributed by atoms with Gasteiger partial charge in [-0.25, -0.2) is 0 Å². The van der Waals surface area contributed by atoms with Crippen molar-refractivity contribution in [3.63, 3.8) is 0 Å². The van der Waals surface area contributed by atoms with Crippen LogP contribution in [0.1, 0.15) is 123 Å². The lowest BCUT2D eigenvalue weighted by Gasteiger charge is -2.05. The predicted molar refractivity (Wildman–Crippen MR) is 114 cm³/mol. The maximum atomic E-state index is 11.2. The highest BCUT2D eigenvalue weighted by atomic mass is 16.5. The fourth-order valence-corrected chi connectivity index (χ4v) is 3.30. The summed E-state index contributed by atoms with van der Waals surface area (Å²) in [5, 5.41) is 2.79. The molecular formula is C23H47NO2. The van der Waals surface area contributed by atoms with Gasteiger partial charge in [0.1, 0.15) is 0 Å². The summed E-state index contributed by atoms with van der Waals surface area (Å²) in [6.07, 6.45) is 22.7. The van der Waals surface area contributed by atoms with Crippen molar-refractivity contribution >= 4 is 5.91 Å². The van der Waals surface area contributed by atoms with Crippen LogP contribution in [0.25, 0.3) is 0 Å².